The normalized spacial score (nSPS) is 16.6. The fraction of sp³-hybridized carbons (Fsp3) is 0.462. The van der Waals surface area contributed by atoms with Crippen molar-refractivity contribution in [3.05, 3.63) is 27.7 Å². The number of aryl methyl sites for hydroxylation is 1. The molecule has 0 aliphatic heterocycles. The molecule has 0 heterocycles. The van der Waals surface area contributed by atoms with Crippen LogP contribution in [0.1, 0.15) is 30.9 Å². The lowest BCUT2D eigenvalue weighted by atomic mass is 9.92. The summed E-state index contributed by atoms with van der Waals surface area (Å²) in [4.78, 5) is 11.4. The van der Waals surface area contributed by atoms with Gasteiger partial charge in [-0.2, -0.15) is 0 Å². The molecule has 0 saturated heterocycles. The molecule has 0 atom stereocenters. The Morgan fingerprint density at radius 2 is 2.18 bits per heavy atom. The first kappa shape index (κ1) is 12.4. The highest BCUT2D eigenvalue weighted by Gasteiger charge is 2.53. The van der Waals surface area contributed by atoms with Gasteiger partial charge in [0.2, 0.25) is 0 Å². The van der Waals surface area contributed by atoms with Gasteiger partial charge in [0.1, 0.15) is 5.75 Å². The van der Waals surface area contributed by atoms with E-state index in [0.717, 1.165) is 27.8 Å². The number of hydrogen-bond acceptors (Lipinski definition) is 2. The second-order valence-electron chi connectivity index (χ2n) is 4.39. The van der Waals surface area contributed by atoms with Crippen molar-refractivity contribution in [2.75, 3.05) is 7.11 Å². The summed E-state index contributed by atoms with van der Waals surface area (Å²) in [5.41, 5.74) is 1.13. The first-order valence-electron chi connectivity index (χ1n) is 5.65. The maximum absolute atomic E-state index is 11.4. The summed E-state index contributed by atoms with van der Waals surface area (Å²) in [6, 6.07) is 3.86. The number of halogens is 1. The summed E-state index contributed by atoms with van der Waals surface area (Å²) < 4.78 is 6.33. The Kier molecular flexibility index (Phi) is 3.17. The van der Waals surface area contributed by atoms with Gasteiger partial charge in [-0.1, -0.05) is 22.9 Å². The van der Waals surface area contributed by atoms with Crippen LogP contribution in [0.4, 0.5) is 0 Å². The van der Waals surface area contributed by atoms with Crippen LogP contribution >= 0.6 is 15.9 Å². The molecule has 0 bridgehead atoms. The van der Waals surface area contributed by atoms with E-state index < -0.39 is 11.4 Å². The van der Waals surface area contributed by atoms with E-state index in [1.807, 2.05) is 19.1 Å². The zero-order valence-electron chi connectivity index (χ0n) is 9.92. The van der Waals surface area contributed by atoms with E-state index in [9.17, 15) is 9.90 Å². The van der Waals surface area contributed by atoms with Gasteiger partial charge in [0.05, 0.1) is 12.5 Å². The number of carboxylic acids is 1. The molecule has 0 amide bonds. The minimum atomic E-state index is -0.754. The molecular weight excluding hydrogens is 284 g/mol. The average molecular weight is 299 g/mol. The fourth-order valence-corrected chi connectivity index (χ4v) is 2.74. The van der Waals surface area contributed by atoms with Crippen LogP contribution in [-0.4, -0.2) is 18.2 Å². The van der Waals surface area contributed by atoms with Crippen LogP contribution in [0.5, 0.6) is 5.75 Å². The van der Waals surface area contributed by atoms with Crippen molar-refractivity contribution in [3.63, 3.8) is 0 Å². The number of ether oxygens (including phenoxy) is 1. The highest BCUT2D eigenvalue weighted by atomic mass is 79.9. The quantitative estimate of drug-likeness (QED) is 0.929. The smallest absolute Gasteiger partial charge is 0.314 e. The number of rotatable bonds is 4. The van der Waals surface area contributed by atoms with Gasteiger partial charge in [0, 0.05) is 10.0 Å². The summed E-state index contributed by atoms with van der Waals surface area (Å²) in [7, 11) is 1.60. The summed E-state index contributed by atoms with van der Waals surface area (Å²) in [6.45, 7) is 2.04. The molecule has 1 saturated carbocycles. The largest absolute Gasteiger partial charge is 0.496 e. The van der Waals surface area contributed by atoms with Crippen LogP contribution in [0, 0.1) is 0 Å². The third kappa shape index (κ3) is 1.95. The third-order valence-electron chi connectivity index (χ3n) is 3.39. The van der Waals surface area contributed by atoms with Gasteiger partial charge in [0.15, 0.2) is 0 Å². The molecule has 0 spiro atoms. The van der Waals surface area contributed by atoms with E-state index >= 15 is 0 Å². The Hall–Kier alpha value is -1.03. The van der Waals surface area contributed by atoms with Gasteiger partial charge in [0.25, 0.3) is 0 Å². The minimum Gasteiger partial charge on any atom is -0.496 e. The van der Waals surface area contributed by atoms with E-state index in [1.165, 1.54) is 0 Å². The molecule has 1 aliphatic carbocycles. The van der Waals surface area contributed by atoms with E-state index in [1.54, 1.807) is 7.11 Å². The van der Waals surface area contributed by atoms with Crippen LogP contribution in [-0.2, 0) is 16.6 Å². The Bertz CT molecular complexity index is 464. The average Bonchev–Trinajstić information content (AvgIpc) is 3.08. The first-order valence-corrected chi connectivity index (χ1v) is 6.44. The monoisotopic (exact) mass is 298 g/mol. The van der Waals surface area contributed by atoms with E-state index in [0.29, 0.717) is 12.8 Å². The molecule has 1 N–H and O–H groups in total. The third-order valence-corrected chi connectivity index (χ3v) is 3.85. The van der Waals surface area contributed by atoms with Gasteiger partial charge in [-0.3, -0.25) is 4.79 Å². The molecule has 0 unspecified atom stereocenters. The van der Waals surface area contributed by atoms with Crippen LogP contribution < -0.4 is 4.74 Å². The van der Waals surface area contributed by atoms with Gasteiger partial charge in [-0.05, 0) is 37.0 Å². The molecule has 1 aliphatic rings. The minimum absolute atomic E-state index is 0.693. The Labute approximate surface area is 109 Å². The van der Waals surface area contributed by atoms with Crippen molar-refractivity contribution in [1.29, 1.82) is 0 Å². The Morgan fingerprint density at radius 3 is 2.59 bits per heavy atom. The van der Waals surface area contributed by atoms with Crippen molar-refractivity contribution in [1.82, 2.24) is 0 Å². The number of carboxylic acid groups (broad SMARTS) is 1. The van der Waals surface area contributed by atoms with Gasteiger partial charge >= 0.3 is 5.97 Å². The number of aliphatic carboxylic acids is 1. The fourth-order valence-electron chi connectivity index (χ4n) is 2.23. The molecule has 1 fully saturated rings. The van der Waals surface area contributed by atoms with Crippen molar-refractivity contribution in [2.45, 2.75) is 31.6 Å². The number of hydrogen-bond donors (Lipinski definition) is 1. The number of benzene rings is 1. The molecular formula is C13H15BrO3. The Balaban J connectivity index is 2.60. The van der Waals surface area contributed by atoms with Crippen LogP contribution in [0.2, 0.25) is 0 Å². The number of methoxy groups -OCH3 is 1. The van der Waals surface area contributed by atoms with Crippen molar-refractivity contribution in [3.8, 4) is 5.75 Å². The lowest BCUT2D eigenvalue weighted by Crippen LogP contribution is -2.21. The summed E-state index contributed by atoms with van der Waals surface area (Å²) in [5, 5.41) is 9.36. The predicted octanol–water partition coefficient (Wildman–Crippen LogP) is 3.14. The summed E-state index contributed by atoms with van der Waals surface area (Å²) in [5.74, 6) is -0.0217. The SMILES string of the molecule is CCc1cc(Br)cc(C2(C(=O)O)CC2)c1OC. The molecule has 3 nitrogen and oxygen atoms in total. The highest BCUT2D eigenvalue weighted by molar-refractivity contribution is 9.10. The summed E-state index contributed by atoms with van der Waals surface area (Å²) in [6.07, 6.45) is 2.21. The van der Waals surface area contributed by atoms with E-state index in [-0.39, 0.29) is 0 Å². The molecule has 1 aromatic rings. The second-order valence-corrected chi connectivity index (χ2v) is 5.30. The van der Waals surface area contributed by atoms with Crippen LogP contribution in [0.25, 0.3) is 0 Å². The van der Waals surface area contributed by atoms with Crippen LogP contribution in [0.3, 0.4) is 0 Å². The van der Waals surface area contributed by atoms with Crippen molar-refractivity contribution in [2.24, 2.45) is 0 Å². The zero-order valence-corrected chi connectivity index (χ0v) is 11.5. The van der Waals surface area contributed by atoms with Crippen molar-refractivity contribution < 1.29 is 14.6 Å². The topological polar surface area (TPSA) is 46.5 Å². The lowest BCUT2D eigenvalue weighted by molar-refractivity contribution is -0.140. The zero-order chi connectivity index (χ0) is 12.6. The van der Waals surface area contributed by atoms with E-state index in [2.05, 4.69) is 15.9 Å². The second kappa shape index (κ2) is 4.33. The molecule has 17 heavy (non-hydrogen) atoms. The maximum Gasteiger partial charge on any atom is 0.314 e. The van der Waals surface area contributed by atoms with Crippen LogP contribution in [0.15, 0.2) is 16.6 Å². The Morgan fingerprint density at radius 1 is 1.53 bits per heavy atom. The molecule has 1 aromatic carbocycles. The van der Waals surface area contributed by atoms with Crippen molar-refractivity contribution >= 4 is 21.9 Å². The summed E-state index contributed by atoms with van der Waals surface area (Å²) >= 11 is 3.44. The molecule has 4 heteroatoms. The molecule has 0 aromatic heterocycles. The first-order chi connectivity index (χ1) is 8.05. The predicted molar refractivity (Wildman–Crippen MR) is 68.6 cm³/mol. The van der Waals surface area contributed by atoms with Gasteiger partial charge in [-0.25, -0.2) is 0 Å². The highest BCUT2D eigenvalue weighted by Crippen LogP contribution is 2.53. The number of carbonyl (C=O) groups is 1. The van der Waals surface area contributed by atoms with E-state index in [4.69, 9.17) is 4.74 Å². The standard InChI is InChI=1S/C13H15BrO3/c1-3-8-6-9(14)7-10(11(8)17-2)13(4-5-13)12(15)16/h6-7H,3-5H2,1-2H3,(H,15,16). The maximum atomic E-state index is 11.4. The molecule has 0 radical (unpaired) electrons. The molecule has 2 rings (SSSR count). The van der Waals surface area contributed by atoms with Gasteiger partial charge < -0.3 is 9.84 Å². The lowest BCUT2D eigenvalue weighted by Gasteiger charge is -2.18. The van der Waals surface area contributed by atoms with Gasteiger partial charge in [-0.15, -0.1) is 0 Å². The molecule has 92 valence electrons.